The minimum Gasteiger partial charge on any atom is -0.347 e. The lowest BCUT2D eigenvalue weighted by molar-refractivity contribution is -0.129. The van der Waals surface area contributed by atoms with E-state index in [4.69, 9.17) is 0 Å². The molecule has 144 valence electrons. The number of para-hydroxylation sites is 1. The number of carbonyl (C=O) groups excluding carboxylic acids is 2. The van der Waals surface area contributed by atoms with Gasteiger partial charge in [0.05, 0.1) is 21.3 Å². The highest BCUT2D eigenvalue weighted by molar-refractivity contribution is 7.18. The number of aryl methyl sites for hydroxylation is 1. The van der Waals surface area contributed by atoms with Crippen LogP contribution >= 0.6 is 11.3 Å². The van der Waals surface area contributed by atoms with Crippen molar-refractivity contribution in [3.05, 3.63) is 65.2 Å². The number of hydrogen-bond acceptors (Lipinski definition) is 4. The largest absolute Gasteiger partial charge is 0.347 e. The summed E-state index contributed by atoms with van der Waals surface area (Å²) in [6, 6.07) is 17.7. The van der Waals surface area contributed by atoms with Gasteiger partial charge in [-0.25, -0.2) is 4.98 Å². The molecule has 6 heteroatoms. The van der Waals surface area contributed by atoms with Crippen LogP contribution in [0.3, 0.4) is 0 Å². The van der Waals surface area contributed by atoms with Crippen molar-refractivity contribution in [3.8, 4) is 0 Å². The Bertz CT molecular complexity index is 937. The first-order chi connectivity index (χ1) is 13.7. The highest BCUT2D eigenvalue weighted by Crippen LogP contribution is 2.23. The van der Waals surface area contributed by atoms with Crippen LogP contribution < -0.4 is 5.32 Å². The van der Waals surface area contributed by atoms with E-state index in [1.807, 2.05) is 53.4 Å². The summed E-state index contributed by atoms with van der Waals surface area (Å²) in [5.74, 6) is 0.157. The molecule has 2 heterocycles. The fourth-order valence-corrected chi connectivity index (χ4v) is 4.52. The molecule has 0 spiro atoms. The van der Waals surface area contributed by atoms with Gasteiger partial charge in [-0.05, 0) is 24.1 Å². The van der Waals surface area contributed by atoms with E-state index in [9.17, 15) is 9.59 Å². The number of nitrogens with zero attached hydrogens (tertiary/aromatic N) is 2. The van der Waals surface area contributed by atoms with Crippen molar-refractivity contribution in [3.63, 3.8) is 0 Å². The van der Waals surface area contributed by atoms with Crippen LogP contribution in [-0.4, -0.2) is 34.8 Å². The van der Waals surface area contributed by atoms with Crippen molar-refractivity contribution in [2.75, 3.05) is 13.1 Å². The Morgan fingerprint density at radius 3 is 2.68 bits per heavy atom. The van der Waals surface area contributed by atoms with Gasteiger partial charge in [0.2, 0.25) is 11.8 Å². The summed E-state index contributed by atoms with van der Waals surface area (Å²) < 4.78 is 1.15. The monoisotopic (exact) mass is 393 g/mol. The molecule has 1 saturated heterocycles. The van der Waals surface area contributed by atoms with Crippen LogP contribution in [0.4, 0.5) is 0 Å². The first-order valence-corrected chi connectivity index (χ1v) is 10.5. The molecule has 1 unspecified atom stereocenters. The Hall–Kier alpha value is -2.73. The molecule has 1 aliphatic rings. The van der Waals surface area contributed by atoms with Crippen molar-refractivity contribution in [1.82, 2.24) is 15.2 Å². The topological polar surface area (TPSA) is 62.3 Å². The standard InChI is InChI=1S/C22H23N3O2S/c26-20(12-13-21-24-17-9-4-5-10-19(17)28-21)23-18(16-7-2-1-3-8-16)15-25-14-6-11-22(25)27/h1-5,7-10,18H,6,11-15H2,(H,23,26). The van der Waals surface area contributed by atoms with E-state index < -0.39 is 0 Å². The molecule has 0 saturated carbocycles. The van der Waals surface area contributed by atoms with E-state index >= 15 is 0 Å². The number of aromatic nitrogens is 1. The number of nitrogens with one attached hydrogen (secondary N) is 1. The van der Waals surface area contributed by atoms with Gasteiger partial charge < -0.3 is 10.2 Å². The van der Waals surface area contributed by atoms with Gasteiger partial charge in [-0.15, -0.1) is 11.3 Å². The molecule has 1 aromatic heterocycles. The zero-order valence-corrected chi connectivity index (χ0v) is 16.5. The quantitative estimate of drug-likeness (QED) is 0.666. The van der Waals surface area contributed by atoms with Crippen molar-refractivity contribution >= 4 is 33.4 Å². The second-order valence-corrected chi connectivity index (χ2v) is 8.16. The molecule has 2 amide bonds. The number of benzene rings is 2. The highest BCUT2D eigenvalue weighted by Gasteiger charge is 2.25. The average molecular weight is 394 g/mol. The molecular formula is C22H23N3O2S. The molecule has 28 heavy (non-hydrogen) atoms. The average Bonchev–Trinajstić information content (AvgIpc) is 3.32. The Balaban J connectivity index is 1.40. The van der Waals surface area contributed by atoms with Crippen LogP contribution in [0.2, 0.25) is 0 Å². The van der Waals surface area contributed by atoms with Gasteiger partial charge in [0.1, 0.15) is 0 Å². The normalized spacial score (nSPS) is 15.1. The summed E-state index contributed by atoms with van der Waals surface area (Å²) >= 11 is 1.64. The Morgan fingerprint density at radius 1 is 1.14 bits per heavy atom. The van der Waals surface area contributed by atoms with Gasteiger partial charge in [-0.2, -0.15) is 0 Å². The van der Waals surface area contributed by atoms with E-state index in [2.05, 4.69) is 16.4 Å². The van der Waals surface area contributed by atoms with Gasteiger partial charge in [0.25, 0.3) is 0 Å². The number of hydrogen-bond donors (Lipinski definition) is 1. The third-order valence-corrected chi connectivity index (χ3v) is 6.11. The summed E-state index contributed by atoms with van der Waals surface area (Å²) in [4.78, 5) is 31.1. The van der Waals surface area contributed by atoms with Gasteiger partial charge in [0, 0.05) is 32.4 Å². The van der Waals surface area contributed by atoms with E-state index in [-0.39, 0.29) is 17.9 Å². The second-order valence-electron chi connectivity index (χ2n) is 7.05. The summed E-state index contributed by atoms with van der Waals surface area (Å²) in [6.07, 6.45) is 2.51. The molecule has 4 rings (SSSR count). The predicted octanol–water partition coefficient (Wildman–Crippen LogP) is 3.71. The fraction of sp³-hybridized carbons (Fsp3) is 0.318. The molecule has 5 nitrogen and oxygen atoms in total. The maximum absolute atomic E-state index is 12.6. The summed E-state index contributed by atoms with van der Waals surface area (Å²) in [5, 5.41) is 4.10. The summed E-state index contributed by atoms with van der Waals surface area (Å²) in [7, 11) is 0. The lowest BCUT2D eigenvalue weighted by Crippen LogP contribution is -2.38. The number of likely N-dealkylation sites (tertiary alicyclic amines) is 1. The van der Waals surface area contributed by atoms with Gasteiger partial charge in [-0.1, -0.05) is 42.5 Å². The molecule has 1 fully saturated rings. The van der Waals surface area contributed by atoms with Gasteiger partial charge in [-0.3, -0.25) is 9.59 Å². The fourth-order valence-electron chi connectivity index (χ4n) is 3.55. The molecule has 1 aliphatic heterocycles. The number of rotatable bonds is 7. The number of carbonyl (C=O) groups is 2. The van der Waals surface area contributed by atoms with Crippen molar-refractivity contribution in [1.29, 1.82) is 0 Å². The summed E-state index contributed by atoms with van der Waals surface area (Å²) in [6.45, 7) is 1.29. The van der Waals surface area contributed by atoms with Crippen LogP contribution in [0.5, 0.6) is 0 Å². The molecule has 1 atom stereocenters. The number of thiazole rings is 1. The first-order valence-electron chi connectivity index (χ1n) is 9.65. The van der Waals surface area contributed by atoms with E-state index in [1.54, 1.807) is 11.3 Å². The predicted molar refractivity (Wildman–Crippen MR) is 111 cm³/mol. The molecule has 3 aromatic rings. The molecule has 0 aliphatic carbocycles. The minimum absolute atomic E-state index is 0.0141. The third kappa shape index (κ3) is 4.39. The van der Waals surface area contributed by atoms with Crippen molar-refractivity contribution in [2.45, 2.75) is 31.7 Å². The van der Waals surface area contributed by atoms with E-state index in [0.29, 0.717) is 25.8 Å². The maximum atomic E-state index is 12.6. The Kier molecular flexibility index (Phi) is 5.67. The van der Waals surface area contributed by atoms with Gasteiger partial charge >= 0.3 is 0 Å². The van der Waals surface area contributed by atoms with Crippen LogP contribution in [0.25, 0.3) is 10.2 Å². The smallest absolute Gasteiger partial charge is 0.222 e. The highest BCUT2D eigenvalue weighted by atomic mass is 32.1. The maximum Gasteiger partial charge on any atom is 0.222 e. The second kappa shape index (κ2) is 8.52. The lowest BCUT2D eigenvalue weighted by atomic mass is 10.1. The minimum atomic E-state index is -0.189. The molecular weight excluding hydrogens is 370 g/mol. The van der Waals surface area contributed by atoms with E-state index in [0.717, 1.165) is 33.8 Å². The number of fused-ring (bicyclic) bond motifs is 1. The molecule has 1 N–H and O–H groups in total. The Labute approximate surface area is 168 Å². The van der Waals surface area contributed by atoms with Crippen molar-refractivity contribution in [2.24, 2.45) is 0 Å². The van der Waals surface area contributed by atoms with E-state index in [1.165, 1.54) is 0 Å². The van der Waals surface area contributed by atoms with Crippen LogP contribution in [0, 0.1) is 0 Å². The third-order valence-electron chi connectivity index (χ3n) is 5.02. The first kappa shape index (κ1) is 18.6. The lowest BCUT2D eigenvalue weighted by Gasteiger charge is -2.25. The summed E-state index contributed by atoms with van der Waals surface area (Å²) in [5.41, 5.74) is 2.01. The molecule has 0 radical (unpaired) electrons. The van der Waals surface area contributed by atoms with Crippen LogP contribution in [-0.2, 0) is 16.0 Å². The van der Waals surface area contributed by atoms with Crippen LogP contribution in [0.1, 0.15) is 35.9 Å². The zero-order valence-electron chi connectivity index (χ0n) is 15.6. The van der Waals surface area contributed by atoms with Crippen LogP contribution in [0.15, 0.2) is 54.6 Å². The Morgan fingerprint density at radius 2 is 1.93 bits per heavy atom. The zero-order chi connectivity index (χ0) is 19.3. The molecule has 2 aromatic carbocycles. The number of amides is 2. The van der Waals surface area contributed by atoms with Gasteiger partial charge in [0.15, 0.2) is 0 Å². The SMILES string of the molecule is O=C(CCc1nc2ccccc2s1)NC(CN1CCCC1=O)c1ccccc1. The van der Waals surface area contributed by atoms with Crippen molar-refractivity contribution < 1.29 is 9.59 Å². The molecule has 0 bridgehead atoms.